The SMILES string of the molecule is Cl.Cl.c1ccc(C(c2ccccc2)C2CNCC3NCCC3N2)cc1. The van der Waals surface area contributed by atoms with Gasteiger partial charge in [0.15, 0.2) is 0 Å². The number of rotatable bonds is 3. The van der Waals surface area contributed by atoms with Crippen molar-refractivity contribution in [2.75, 3.05) is 19.6 Å². The molecule has 3 nitrogen and oxygen atoms in total. The summed E-state index contributed by atoms with van der Waals surface area (Å²) in [7, 11) is 0. The Bertz CT molecular complexity index is 584. The highest BCUT2D eigenvalue weighted by atomic mass is 35.5. The van der Waals surface area contributed by atoms with Crippen molar-refractivity contribution >= 4 is 24.8 Å². The average molecular weight is 380 g/mol. The summed E-state index contributed by atoms with van der Waals surface area (Å²) in [5.41, 5.74) is 2.78. The molecule has 2 aromatic carbocycles. The first kappa shape index (κ1) is 20.2. The van der Waals surface area contributed by atoms with Crippen LogP contribution in [-0.4, -0.2) is 37.8 Å². The van der Waals surface area contributed by atoms with Crippen molar-refractivity contribution in [3.8, 4) is 0 Å². The largest absolute Gasteiger partial charge is 0.314 e. The second-order valence-electron chi connectivity index (χ2n) is 6.69. The standard InChI is InChI=1S/C20H25N3.2ClH/c1-3-7-15(8-4-1)20(16-9-5-2-6-10-16)19-14-21-13-18-17(23-19)11-12-22-18;;/h1-10,17-23H,11-14H2;2*1H. The Kier molecular flexibility index (Phi) is 7.73. The quantitative estimate of drug-likeness (QED) is 0.766. The van der Waals surface area contributed by atoms with Crippen LogP contribution in [0.5, 0.6) is 0 Å². The molecular weight excluding hydrogens is 353 g/mol. The van der Waals surface area contributed by atoms with E-state index < -0.39 is 0 Å². The van der Waals surface area contributed by atoms with E-state index in [4.69, 9.17) is 0 Å². The third-order valence-corrected chi connectivity index (χ3v) is 5.22. The molecule has 136 valence electrons. The van der Waals surface area contributed by atoms with Crippen LogP contribution >= 0.6 is 24.8 Å². The Hall–Kier alpha value is -1.10. The maximum absolute atomic E-state index is 3.95. The van der Waals surface area contributed by atoms with Crippen molar-refractivity contribution < 1.29 is 0 Å². The molecule has 0 bridgehead atoms. The lowest BCUT2D eigenvalue weighted by molar-refractivity contribution is 0.408. The summed E-state index contributed by atoms with van der Waals surface area (Å²) < 4.78 is 0. The summed E-state index contributed by atoms with van der Waals surface area (Å²) in [6, 6.07) is 23.4. The van der Waals surface area contributed by atoms with Gasteiger partial charge in [-0.05, 0) is 24.1 Å². The molecule has 4 rings (SSSR count). The molecule has 2 heterocycles. The minimum absolute atomic E-state index is 0. The van der Waals surface area contributed by atoms with Gasteiger partial charge < -0.3 is 16.0 Å². The topological polar surface area (TPSA) is 36.1 Å². The van der Waals surface area contributed by atoms with Crippen LogP contribution in [0, 0.1) is 0 Å². The highest BCUT2D eigenvalue weighted by Gasteiger charge is 2.34. The van der Waals surface area contributed by atoms with E-state index in [1.807, 2.05) is 0 Å². The zero-order valence-electron chi connectivity index (χ0n) is 14.2. The summed E-state index contributed by atoms with van der Waals surface area (Å²) in [5.74, 6) is 0.379. The normalized spacial score (nSPS) is 25.4. The van der Waals surface area contributed by atoms with Gasteiger partial charge >= 0.3 is 0 Å². The van der Waals surface area contributed by atoms with Gasteiger partial charge in [0.1, 0.15) is 0 Å². The smallest absolute Gasteiger partial charge is 0.0347 e. The average Bonchev–Trinajstić information content (AvgIpc) is 2.95. The van der Waals surface area contributed by atoms with Gasteiger partial charge in [0.2, 0.25) is 0 Å². The van der Waals surface area contributed by atoms with Crippen molar-refractivity contribution in [1.29, 1.82) is 0 Å². The van der Waals surface area contributed by atoms with Crippen molar-refractivity contribution in [3.63, 3.8) is 0 Å². The molecule has 2 fully saturated rings. The van der Waals surface area contributed by atoms with E-state index in [1.54, 1.807) is 0 Å². The molecule has 0 spiro atoms. The molecule has 3 unspecified atom stereocenters. The third kappa shape index (κ3) is 4.55. The minimum Gasteiger partial charge on any atom is -0.314 e. The van der Waals surface area contributed by atoms with Crippen LogP contribution in [-0.2, 0) is 0 Å². The molecule has 3 N–H and O–H groups in total. The van der Waals surface area contributed by atoms with Crippen molar-refractivity contribution in [2.24, 2.45) is 0 Å². The second kappa shape index (κ2) is 9.56. The van der Waals surface area contributed by atoms with Gasteiger partial charge in [0.05, 0.1) is 0 Å². The summed E-state index contributed by atoms with van der Waals surface area (Å²) in [5, 5.41) is 11.2. The zero-order valence-corrected chi connectivity index (χ0v) is 15.9. The highest BCUT2D eigenvalue weighted by Crippen LogP contribution is 2.29. The highest BCUT2D eigenvalue weighted by molar-refractivity contribution is 5.85. The van der Waals surface area contributed by atoms with Gasteiger partial charge in [0.25, 0.3) is 0 Å². The van der Waals surface area contributed by atoms with Gasteiger partial charge in [-0.3, -0.25) is 0 Å². The second-order valence-corrected chi connectivity index (χ2v) is 6.69. The summed E-state index contributed by atoms with van der Waals surface area (Å²) in [4.78, 5) is 0. The Morgan fingerprint density at radius 2 is 1.36 bits per heavy atom. The van der Waals surface area contributed by atoms with Gasteiger partial charge in [0, 0.05) is 37.1 Å². The third-order valence-electron chi connectivity index (χ3n) is 5.22. The summed E-state index contributed by atoms with van der Waals surface area (Å²) in [6.07, 6.45) is 1.22. The first-order chi connectivity index (χ1) is 11.4. The molecule has 2 aliphatic rings. The fourth-order valence-electron chi connectivity index (χ4n) is 4.10. The number of hydrogen-bond acceptors (Lipinski definition) is 3. The lowest BCUT2D eigenvalue weighted by Gasteiger charge is -2.30. The lowest BCUT2D eigenvalue weighted by Crippen LogP contribution is -2.47. The van der Waals surface area contributed by atoms with E-state index in [0.717, 1.165) is 19.6 Å². The molecule has 3 atom stereocenters. The number of hydrogen-bond donors (Lipinski definition) is 3. The number of nitrogens with one attached hydrogen (secondary N) is 3. The molecule has 2 saturated heterocycles. The van der Waals surface area contributed by atoms with Gasteiger partial charge in [-0.1, -0.05) is 60.7 Å². The molecular formula is C20H27Cl2N3. The number of halogens is 2. The maximum Gasteiger partial charge on any atom is 0.0347 e. The van der Waals surface area contributed by atoms with Gasteiger partial charge in [-0.25, -0.2) is 0 Å². The van der Waals surface area contributed by atoms with Crippen molar-refractivity contribution in [3.05, 3.63) is 71.8 Å². The molecule has 0 amide bonds. The minimum atomic E-state index is 0. The Morgan fingerprint density at radius 3 is 1.96 bits per heavy atom. The first-order valence-corrected chi connectivity index (χ1v) is 8.72. The zero-order chi connectivity index (χ0) is 15.5. The number of benzene rings is 2. The predicted octanol–water partition coefficient (Wildman–Crippen LogP) is 2.95. The Labute approximate surface area is 162 Å². The van der Waals surface area contributed by atoms with Crippen LogP contribution in [0.3, 0.4) is 0 Å². The molecule has 0 saturated carbocycles. The van der Waals surface area contributed by atoms with Crippen molar-refractivity contribution in [2.45, 2.75) is 30.5 Å². The molecule has 25 heavy (non-hydrogen) atoms. The molecule has 0 radical (unpaired) electrons. The van der Waals surface area contributed by atoms with Crippen LogP contribution < -0.4 is 16.0 Å². The van der Waals surface area contributed by atoms with E-state index in [2.05, 4.69) is 76.6 Å². The van der Waals surface area contributed by atoms with Gasteiger partial charge in [-0.2, -0.15) is 0 Å². The monoisotopic (exact) mass is 379 g/mol. The predicted molar refractivity (Wildman–Crippen MR) is 109 cm³/mol. The Morgan fingerprint density at radius 1 is 0.760 bits per heavy atom. The lowest BCUT2D eigenvalue weighted by atomic mass is 9.84. The van der Waals surface area contributed by atoms with Crippen molar-refractivity contribution in [1.82, 2.24) is 16.0 Å². The van der Waals surface area contributed by atoms with E-state index in [-0.39, 0.29) is 24.8 Å². The van der Waals surface area contributed by atoms with Crippen LogP contribution in [0.25, 0.3) is 0 Å². The molecule has 2 aliphatic heterocycles. The molecule has 0 aromatic heterocycles. The van der Waals surface area contributed by atoms with Gasteiger partial charge in [-0.15, -0.1) is 24.8 Å². The van der Waals surface area contributed by atoms with Crippen LogP contribution in [0.1, 0.15) is 23.5 Å². The Balaban J connectivity index is 0.00000113. The maximum atomic E-state index is 3.95. The van der Waals surface area contributed by atoms with Crippen LogP contribution in [0.4, 0.5) is 0 Å². The van der Waals surface area contributed by atoms with E-state index in [0.29, 0.717) is 24.0 Å². The van der Waals surface area contributed by atoms with Crippen LogP contribution in [0.2, 0.25) is 0 Å². The molecule has 0 aliphatic carbocycles. The van der Waals surface area contributed by atoms with E-state index >= 15 is 0 Å². The first-order valence-electron chi connectivity index (χ1n) is 8.72. The number of fused-ring (bicyclic) bond motifs is 1. The molecule has 2 aromatic rings. The van der Waals surface area contributed by atoms with E-state index in [1.165, 1.54) is 17.5 Å². The fourth-order valence-corrected chi connectivity index (χ4v) is 4.10. The summed E-state index contributed by atoms with van der Waals surface area (Å²) in [6.45, 7) is 3.19. The van der Waals surface area contributed by atoms with E-state index in [9.17, 15) is 0 Å². The summed E-state index contributed by atoms with van der Waals surface area (Å²) >= 11 is 0. The fraction of sp³-hybridized carbons (Fsp3) is 0.400. The molecule has 5 heteroatoms. The van der Waals surface area contributed by atoms with Crippen LogP contribution in [0.15, 0.2) is 60.7 Å².